The van der Waals surface area contributed by atoms with Crippen molar-refractivity contribution in [3.05, 3.63) is 0 Å². The second-order valence-electron chi connectivity index (χ2n) is 8.16. The average molecular weight is 393 g/mol. The average Bonchev–Trinajstić information content (AvgIpc) is 2.97. The summed E-state index contributed by atoms with van der Waals surface area (Å²) in [5.74, 6) is -0.210. The molecule has 1 saturated carbocycles. The van der Waals surface area contributed by atoms with Gasteiger partial charge in [-0.1, -0.05) is 25.7 Å². The molecule has 3 rings (SSSR count). The van der Waals surface area contributed by atoms with E-state index in [0.717, 1.165) is 38.8 Å². The molecule has 2 heterocycles. The van der Waals surface area contributed by atoms with Crippen molar-refractivity contribution >= 4 is 19.9 Å². The van der Waals surface area contributed by atoms with Crippen LogP contribution in [-0.2, 0) is 19.9 Å². The molecule has 8 heteroatoms. The second-order valence-corrected chi connectivity index (χ2v) is 12.7. The first kappa shape index (κ1) is 19.6. The summed E-state index contributed by atoms with van der Waals surface area (Å²) in [7, 11) is -5.10. The van der Waals surface area contributed by atoms with E-state index >= 15 is 0 Å². The van der Waals surface area contributed by atoms with Crippen LogP contribution < -0.4 is 0 Å². The molecule has 0 aromatic heterocycles. The Bertz CT molecular complexity index is 663. The highest BCUT2D eigenvalue weighted by atomic mass is 32.2. The molecule has 1 unspecified atom stereocenters. The van der Waals surface area contributed by atoms with Crippen molar-refractivity contribution in [3.8, 4) is 0 Å². The van der Waals surface area contributed by atoms with Gasteiger partial charge in [-0.2, -0.15) is 0 Å². The molecule has 3 fully saturated rings. The summed E-state index contributed by atoms with van der Waals surface area (Å²) in [4.78, 5) is 2.53. The lowest BCUT2D eigenvalue weighted by molar-refractivity contribution is 0.0225. The Morgan fingerprint density at radius 2 is 1.64 bits per heavy atom. The van der Waals surface area contributed by atoms with E-state index < -0.39 is 25.1 Å². The Hall–Kier alpha value is -0.180. The molecule has 1 aliphatic carbocycles. The fraction of sp³-hybridized carbons (Fsp3) is 1.00. The van der Waals surface area contributed by atoms with Crippen LogP contribution in [0.25, 0.3) is 0 Å². The van der Waals surface area contributed by atoms with Gasteiger partial charge in [0.15, 0.2) is 9.84 Å². The van der Waals surface area contributed by atoms with E-state index in [-0.39, 0.29) is 23.5 Å². The molecule has 2 aliphatic heterocycles. The number of rotatable bonds is 5. The second kappa shape index (κ2) is 7.44. The minimum absolute atomic E-state index is 0.00199. The van der Waals surface area contributed by atoms with Crippen LogP contribution in [-0.4, -0.2) is 75.0 Å². The summed E-state index contributed by atoms with van der Waals surface area (Å²) < 4.78 is 50.8. The Morgan fingerprint density at radius 1 is 1.04 bits per heavy atom. The molecule has 0 aromatic carbocycles. The van der Waals surface area contributed by atoms with Gasteiger partial charge in [0.05, 0.1) is 16.8 Å². The number of hydrogen-bond acceptors (Lipinski definition) is 5. The van der Waals surface area contributed by atoms with Crippen molar-refractivity contribution in [3.63, 3.8) is 0 Å². The number of likely N-dealkylation sites (tertiary alicyclic amines) is 1. The van der Waals surface area contributed by atoms with Gasteiger partial charge in [-0.15, -0.1) is 0 Å². The number of nitrogens with zero attached hydrogens (tertiary/aromatic N) is 2. The van der Waals surface area contributed by atoms with Gasteiger partial charge in [0.2, 0.25) is 10.0 Å². The predicted molar refractivity (Wildman–Crippen MR) is 99.8 cm³/mol. The zero-order valence-electron chi connectivity index (χ0n) is 15.3. The third-order valence-corrected chi connectivity index (χ3v) is 10.6. The fourth-order valence-corrected chi connectivity index (χ4v) is 9.25. The van der Waals surface area contributed by atoms with E-state index in [2.05, 4.69) is 4.90 Å². The predicted octanol–water partition coefficient (Wildman–Crippen LogP) is 1.62. The van der Waals surface area contributed by atoms with Crippen LogP contribution in [0.15, 0.2) is 0 Å². The number of hydrogen-bond donors (Lipinski definition) is 0. The van der Waals surface area contributed by atoms with Crippen molar-refractivity contribution < 1.29 is 16.8 Å². The highest BCUT2D eigenvalue weighted by Gasteiger charge is 2.44. The zero-order valence-corrected chi connectivity index (χ0v) is 17.0. The highest BCUT2D eigenvalue weighted by Crippen LogP contribution is 2.37. The Kier molecular flexibility index (Phi) is 5.83. The highest BCUT2D eigenvalue weighted by molar-refractivity contribution is 7.95. The van der Waals surface area contributed by atoms with Crippen LogP contribution >= 0.6 is 0 Å². The molecule has 3 aliphatic rings. The molecule has 0 radical (unpaired) electrons. The van der Waals surface area contributed by atoms with Crippen molar-refractivity contribution in [2.45, 2.75) is 68.6 Å². The van der Waals surface area contributed by atoms with Crippen LogP contribution in [0.3, 0.4) is 0 Å². The van der Waals surface area contributed by atoms with Gasteiger partial charge in [-0.3, -0.25) is 4.90 Å². The Labute approximate surface area is 152 Å². The van der Waals surface area contributed by atoms with Crippen molar-refractivity contribution in [2.24, 2.45) is 0 Å². The lowest BCUT2D eigenvalue weighted by atomic mass is 9.79. The minimum atomic E-state index is -3.56. The third-order valence-electron chi connectivity index (χ3n) is 6.37. The van der Waals surface area contributed by atoms with Gasteiger partial charge in [0, 0.05) is 19.1 Å². The summed E-state index contributed by atoms with van der Waals surface area (Å²) in [5, 5.41) is -0.760. The maximum Gasteiger partial charge on any atom is 0.217 e. The Balaban J connectivity index is 1.76. The van der Waals surface area contributed by atoms with Crippen LogP contribution in [0, 0.1) is 0 Å². The van der Waals surface area contributed by atoms with Gasteiger partial charge < -0.3 is 0 Å². The zero-order chi connectivity index (χ0) is 18.1. The maximum atomic E-state index is 13.0. The molecule has 6 nitrogen and oxygen atoms in total. The quantitative estimate of drug-likeness (QED) is 0.711. The van der Waals surface area contributed by atoms with Crippen molar-refractivity contribution in [1.82, 2.24) is 9.21 Å². The largest absolute Gasteiger partial charge is 0.296 e. The van der Waals surface area contributed by atoms with E-state index in [1.807, 2.05) is 0 Å². The molecule has 146 valence electrons. The Morgan fingerprint density at radius 3 is 2.20 bits per heavy atom. The van der Waals surface area contributed by atoms with E-state index in [0.29, 0.717) is 6.54 Å². The number of likely N-dealkylation sites (N-methyl/N-ethyl adjacent to an activating group) is 1. The van der Waals surface area contributed by atoms with E-state index in [9.17, 15) is 16.8 Å². The minimum Gasteiger partial charge on any atom is -0.296 e. The lowest BCUT2D eigenvalue weighted by Gasteiger charge is -2.49. The SMILES string of the molecule is CN(CC1(N2CCCCC2)CCCCC1)S(=O)(=O)C1CCS(=O)(=O)C1. The number of sulfone groups is 1. The van der Waals surface area contributed by atoms with E-state index in [1.165, 1.54) is 30.0 Å². The van der Waals surface area contributed by atoms with Gasteiger partial charge in [0.1, 0.15) is 0 Å². The smallest absolute Gasteiger partial charge is 0.217 e. The number of piperidine rings is 1. The third kappa shape index (κ3) is 4.22. The molecule has 0 amide bonds. The van der Waals surface area contributed by atoms with Crippen LogP contribution in [0.5, 0.6) is 0 Å². The summed E-state index contributed by atoms with van der Waals surface area (Å²) in [6.07, 6.45) is 9.54. The monoisotopic (exact) mass is 392 g/mol. The van der Waals surface area contributed by atoms with Crippen LogP contribution in [0.1, 0.15) is 57.8 Å². The molecule has 0 spiro atoms. The molecular formula is C17H32N2O4S2. The van der Waals surface area contributed by atoms with Gasteiger partial charge >= 0.3 is 0 Å². The molecular weight excluding hydrogens is 360 g/mol. The summed E-state index contributed by atoms with van der Waals surface area (Å²) >= 11 is 0. The summed E-state index contributed by atoms with van der Waals surface area (Å²) in [6, 6.07) is 0. The van der Waals surface area contributed by atoms with Gasteiger partial charge in [0.25, 0.3) is 0 Å². The summed E-state index contributed by atoms with van der Waals surface area (Å²) in [6.45, 7) is 2.63. The number of sulfonamides is 1. The maximum absolute atomic E-state index is 13.0. The molecule has 0 N–H and O–H groups in total. The fourth-order valence-electron chi connectivity index (χ4n) is 4.91. The topological polar surface area (TPSA) is 74.8 Å². The molecule has 0 bridgehead atoms. The molecule has 2 saturated heterocycles. The lowest BCUT2D eigenvalue weighted by Crippen LogP contribution is -2.59. The van der Waals surface area contributed by atoms with Crippen molar-refractivity contribution in [2.75, 3.05) is 38.2 Å². The molecule has 0 aromatic rings. The first-order valence-electron chi connectivity index (χ1n) is 9.66. The standard InChI is InChI=1S/C17H32N2O4S2/c1-18(25(22,23)16-8-13-24(20,21)14-16)15-17(9-4-2-5-10-17)19-11-6-3-7-12-19/h16H,2-15H2,1H3. The van der Waals surface area contributed by atoms with E-state index in [1.54, 1.807) is 7.05 Å². The van der Waals surface area contributed by atoms with Crippen molar-refractivity contribution in [1.29, 1.82) is 0 Å². The molecule has 25 heavy (non-hydrogen) atoms. The first-order chi connectivity index (χ1) is 11.8. The normalized spacial score (nSPS) is 30.6. The van der Waals surface area contributed by atoms with E-state index in [4.69, 9.17) is 0 Å². The first-order valence-corrected chi connectivity index (χ1v) is 13.0. The van der Waals surface area contributed by atoms with Crippen LogP contribution in [0.2, 0.25) is 0 Å². The summed E-state index contributed by atoms with van der Waals surface area (Å²) in [5.41, 5.74) is -0.0576. The van der Waals surface area contributed by atoms with Gasteiger partial charge in [-0.05, 0) is 45.2 Å². The van der Waals surface area contributed by atoms with Crippen LogP contribution in [0.4, 0.5) is 0 Å². The van der Waals surface area contributed by atoms with Gasteiger partial charge in [-0.25, -0.2) is 21.1 Å². The molecule has 1 atom stereocenters.